The first kappa shape index (κ1) is 30.6. The molecule has 0 aliphatic carbocycles. The largest absolute Gasteiger partial charge is 0.493 e. The Kier molecular flexibility index (Phi) is 10.2. The van der Waals surface area contributed by atoms with Crippen molar-refractivity contribution in [1.82, 2.24) is 4.90 Å². The average molecular weight is 568 g/mol. The monoisotopic (exact) mass is 567 g/mol. The van der Waals surface area contributed by atoms with Crippen LogP contribution in [0.1, 0.15) is 30.4 Å². The first-order chi connectivity index (χ1) is 19.2. The standard InChI is InChI=1S/C28H35F2NO9/c1-34-20-13-17(14-21(35-2)24(20)38-5)9-8-12-40-26(32)19-10-7-11-31(19)27(33)28(29,30)18-15-22(36-3)25(39-6)23(16-18)37-4/h13-16,19H,7-12H2,1-6H3/t19-/m0/s1. The van der Waals surface area contributed by atoms with Crippen LogP contribution in [0, 0.1) is 0 Å². The zero-order valence-corrected chi connectivity index (χ0v) is 23.5. The number of ether oxygens (including phenoxy) is 7. The van der Waals surface area contributed by atoms with Crippen molar-refractivity contribution in [2.45, 2.75) is 37.6 Å². The summed E-state index contributed by atoms with van der Waals surface area (Å²) in [6.07, 6.45) is 1.59. The van der Waals surface area contributed by atoms with Crippen LogP contribution < -0.4 is 28.4 Å². The van der Waals surface area contributed by atoms with Crippen LogP contribution in [0.5, 0.6) is 34.5 Å². The molecule has 1 aliphatic heterocycles. The molecule has 1 saturated heterocycles. The molecule has 0 N–H and O–H groups in total. The molecular formula is C28H35F2NO9. The second kappa shape index (κ2) is 13.4. The summed E-state index contributed by atoms with van der Waals surface area (Å²) in [6, 6.07) is 4.52. The van der Waals surface area contributed by atoms with E-state index in [9.17, 15) is 9.59 Å². The molecule has 0 spiro atoms. The smallest absolute Gasteiger partial charge is 0.350 e. The minimum absolute atomic E-state index is 0.00402. The Hall–Kier alpha value is -3.96. The molecule has 0 radical (unpaired) electrons. The molecule has 12 heteroatoms. The summed E-state index contributed by atoms with van der Waals surface area (Å²) in [5.41, 5.74) is 0.226. The second-order valence-electron chi connectivity index (χ2n) is 8.95. The normalized spacial score (nSPS) is 14.9. The molecule has 1 fully saturated rings. The van der Waals surface area contributed by atoms with Crippen molar-refractivity contribution in [3.05, 3.63) is 35.4 Å². The molecule has 1 atom stereocenters. The maximum atomic E-state index is 15.5. The number of aryl methyl sites for hydroxylation is 1. The lowest BCUT2D eigenvalue weighted by Gasteiger charge is -2.28. The number of hydrogen-bond acceptors (Lipinski definition) is 9. The Morgan fingerprint density at radius 1 is 0.825 bits per heavy atom. The number of nitrogens with zero attached hydrogens (tertiary/aromatic N) is 1. The van der Waals surface area contributed by atoms with E-state index in [0.29, 0.717) is 36.5 Å². The van der Waals surface area contributed by atoms with Crippen molar-refractivity contribution in [1.29, 1.82) is 0 Å². The average Bonchev–Trinajstić information content (AvgIpc) is 3.47. The molecule has 0 bridgehead atoms. The fourth-order valence-corrected chi connectivity index (χ4v) is 4.65. The molecule has 0 aromatic heterocycles. The Bertz CT molecular complexity index is 1150. The van der Waals surface area contributed by atoms with E-state index in [-0.39, 0.29) is 36.8 Å². The van der Waals surface area contributed by atoms with E-state index in [2.05, 4.69) is 0 Å². The molecule has 0 unspecified atom stereocenters. The van der Waals surface area contributed by atoms with E-state index >= 15 is 8.78 Å². The number of alkyl halides is 2. The van der Waals surface area contributed by atoms with E-state index < -0.39 is 29.4 Å². The van der Waals surface area contributed by atoms with Gasteiger partial charge in [-0.3, -0.25) is 4.79 Å². The molecule has 10 nitrogen and oxygen atoms in total. The Morgan fingerprint density at radius 3 is 1.80 bits per heavy atom. The zero-order chi connectivity index (χ0) is 29.4. The molecule has 40 heavy (non-hydrogen) atoms. The highest BCUT2D eigenvalue weighted by Crippen LogP contribution is 2.44. The number of hydrogen-bond donors (Lipinski definition) is 0. The Labute approximate surface area is 232 Å². The number of methoxy groups -OCH3 is 6. The fourth-order valence-electron chi connectivity index (χ4n) is 4.65. The molecule has 1 amide bonds. The highest BCUT2D eigenvalue weighted by atomic mass is 19.3. The maximum Gasteiger partial charge on any atom is 0.350 e. The predicted octanol–water partition coefficient (Wildman–Crippen LogP) is 4.00. The van der Waals surface area contributed by atoms with Gasteiger partial charge in [-0.15, -0.1) is 0 Å². The fraction of sp³-hybridized carbons (Fsp3) is 0.500. The summed E-state index contributed by atoms with van der Waals surface area (Å²) in [5, 5.41) is 0. The molecule has 3 rings (SSSR count). The number of esters is 1. The minimum atomic E-state index is -3.96. The van der Waals surface area contributed by atoms with Gasteiger partial charge in [-0.05, 0) is 55.5 Å². The van der Waals surface area contributed by atoms with Crippen LogP contribution in [0.15, 0.2) is 24.3 Å². The molecule has 1 heterocycles. The van der Waals surface area contributed by atoms with E-state index in [4.69, 9.17) is 33.2 Å². The quantitative estimate of drug-likeness (QED) is 0.263. The predicted molar refractivity (Wildman–Crippen MR) is 140 cm³/mol. The van der Waals surface area contributed by atoms with Crippen molar-refractivity contribution in [2.75, 3.05) is 55.8 Å². The van der Waals surface area contributed by atoms with E-state index in [1.54, 1.807) is 12.1 Å². The van der Waals surface area contributed by atoms with Crippen LogP contribution in [0.25, 0.3) is 0 Å². The van der Waals surface area contributed by atoms with Gasteiger partial charge in [0.25, 0.3) is 5.91 Å². The third-order valence-electron chi connectivity index (χ3n) is 6.66. The number of halogens is 2. The van der Waals surface area contributed by atoms with Gasteiger partial charge in [-0.2, -0.15) is 8.78 Å². The number of rotatable bonds is 13. The number of likely N-dealkylation sites (tertiary alicyclic amines) is 1. The summed E-state index contributed by atoms with van der Waals surface area (Å²) < 4.78 is 67.8. The van der Waals surface area contributed by atoms with Gasteiger partial charge in [0.2, 0.25) is 11.5 Å². The van der Waals surface area contributed by atoms with Crippen LogP contribution in [0.2, 0.25) is 0 Å². The van der Waals surface area contributed by atoms with Crippen LogP contribution >= 0.6 is 0 Å². The van der Waals surface area contributed by atoms with Gasteiger partial charge < -0.3 is 38.1 Å². The van der Waals surface area contributed by atoms with Crippen LogP contribution in [-0.2, 0) is 26.7 Å². The topological polar surface area (TPSA) is 102 Å². The first-order valence-electron chi connectivity index (χ1n) is 12.6. The van der Waals surface area contributed by atoms with E-state index in [1.165, 1.54) is 42.7 Å². The number of carbonyl (C=O) groups excluding carboxylic acids is 2. The summed E-state index contributed by atoms with van der Waals surface area (Å²) >= 11 is 0. The van der Waals surface area contributed by atoms with Crippen molar-refractivity contribution in [3.63, 3.8) is 0 Å². The minimum Gasteiger partial charge on any atom is -0.493 e. The molecule has 1 aliphatic rings. The lowest BCUT2D eigenvalue weighted by Crippen LogP contribution is -2.47. The van der Waals surface area contributed by atoms with Gasteiger partial charge in [0.1, 0.15) is 6.04 Å². The molecule has 2 aromatic carbocycles. The Balaban J connectivity index is 1.66. The van der Waals surface area contributed by atoms with Crippen molar-refractivity contribution < 1.29 is 51.5 Å². The van der Waals surface area contributed by atoms with Gasteiger partial charge in [0.05, 0.1) is 49.3 Å². The summed E-state index contributed by atoms with van der Waals surface area (Å²) in [5.74, 6) is -4.63. The first-order valence-corrected chi connectivity index (χ1v) is 12.6. The van der Waals surface area contributed by atoms with Crippen molar-refractivity contribution in [2.24, 2.45) is 0 Å². The molecule has 2 aromatic rings. The summed E-state index contributed by atoms with van der Waals surface area (Å²) in [7, 11) is 8.46. The number of benzene rings is 2. The SMILES string of the molecule is COc1cc(CCCOC(=O)[C@@H]2CCCN2C(=O)C(F)(F)c2cc(OC)c(OC)c(OC)c2)cc(OC)c1OC. The highest BCUT2D eigenvalue weighted by Gasteiger charge is 2.49. The van der Waals surface area contributed by atoms with Gasteiger partial charge >= 0.3 is 11.9 Å². The summed E-state index contributed by atoms with van der Waals surface area (Å²) in [4.78, 5) is 26.8. The Morgan fingerprint density at radius 2 is 1.32 bits per heavy atom. The van der Waals surface area contributed by atoms with Crippen molar-refractivity contribution in [3.8, 4) is 34.5 Å². The van der Waals surface area contributed by atoms with Gasteiger partial charge in [0, 0.05) is 12.1 Å². The molecule has 220 valence electrons. The molecule has 0 saturated carbocycles. The third kappa shape index (κ3) is 6.26. The summed E-state index contributed by atoms with van der Waals surface area (Å²) in [6.45, 7) is 0.0430. The van der Waals surface area contributed by atoms with Crippen LogP contribution in [0.3, 0.4) is 0 Å². The maximum absolute atomic E-state index is 15.5. The van der Waals surface area contributed by atoms with Gasteiger partial charge in [-0.25, -0.2) is 4.79 Å². The lowest BCUT2D eigenvalue weighted by atomic mass is 10.0. The van der Waals surface area contributed by atoms with Gasteiger partial charge in [-0.1, -0.05) is 0 Å². The van der Waals surface area contributed by atoms with Crippen LogP contribution in [-0.4, -0.2) is 78.6 Å². The number of amides is 1. The zero-order valence-electron chi connectivity index (χ0n) is 23.5. The van der Waals surface area contributed by atoms with Gasteiger partial charge in [0.15, 0.2) is 23.0 Å². The molecular weight excluding hydrogens is 532 g/mol. The second-order valence-corrected chi connectivity index (χ2v) is 8.95. The van der Waals surface area contributed by atoms with E-state index in [0.717, 1.165) is 22.6 Å². The van der Waals surface area contributed by atoms with Crippen LogP contribution in [0.4, 0.5) is 8.78 Å². The van der Waals surface area contributed by atoms with Crippen molar-refractivity contribution >= 4 is 11.9 Å². The third-order valence-corrected chi connectivity index (χ3v) is 6.66. The van der Waals surface area contributed by atoms with E-state index in [1.807, 2.05) is 0 Å². The number of carbonyl (C=O) groups is 2. The highest BCUT2D eigenvalue weighted by molar-refractivity contribution is 5.90. The lowest BCUT2D eigenvalue weighted by molar-refractivity contribution is -0.166.